The van der Waals surface area contributed by atoms with E-state index in [1.165, 1.54) is 7.11 Å². The van der Waals surface area contributed by atoms with Crippen LogP contribution < -0.4 is 10.1 Å². The van der Waals surface area contributed by atoms with E-state index in [0.717, 1.165) is 24.9 Å². The van der Waals surface area contributed by atoms with Crippen LogP contribution in [0.1, 0.15) is 45.2 Å². The molecule has 102 valence electrons. The van der Waals surface area contributed by atoms with E-state index in [4.69, 9.17) is 4.74 Å². The first-order valence-electron chi connectivity index (χ1n) is 6.70. The van der Waals surface area contributed by atoms with E-state index >= 15 is 0 Å². The number of hydrogen-bond donors (Lipinski definition) is 1. The van der Waals surface area contributed by atoms with E-state index in [-0.39, 0.29) is 11.9 Å². The van der Waals surface area contributed by atoms with E-state index in [0.29, 0.717) is 11.7 Å². The van der Waals surface area contributed by atoms with Crippen molar-refractivity contribution in [3.8, 4) is 5.75 Å². The minimum absolute atomic E-state index is 0.204. The summed E-state index contributed by atoms with van der Waals surface area (Å²) in [6.07, 6.45) is 2.27. The zero-order valence-electron chi connectivity index (χ0n) is 11.8. The third kappa shape index (κ3) is 3.70. The molecule has 1 aromatic rings. The lowest BCUT2D eigenvalue weighted by Gasteiger charge is -2.25. The van der Waals surface area contributed by atoms with Crippen molar-refractivity contribution >= 4 is 0 Å². The van der Waals surface area contributed by atoms with Gasteiger partial charge in [0.05, 0.1) is 7.11 Å². The van der Waals surface area contributed by atoms with Crippen molar-refractivity contribution in [2.75, 3.05) is 13.7 Å². The van der Waals surface area contributed by atoms with Gasteiger partial charge in [-0.15, -0.1) is 0 Å². The van der Waals surface area contributed by atoms with Crippen LogP contribution in [0.15, 0.2) is 18.2 Å². The van der Waals surface area contributed by atoms with Gasteiger partial charge in [-0.05, 0) is 36.6 Å². The molecule has 0 aliphatic carbocycles. The smallest absolute Gasteiger partial charge is 0.165 e. The number of hydrogen-bond acceptors (Lipinski definition) is 2. The van der Waals surface area contributed by atoms with Crippen LogP contribution in [0.4, 0.5) is 4.39 Å². The topological polar surface area (TPSA) is 21.3 Å². The van der Waals surface area contributed by atoms with Crippen LogP contribution in [-0.2, 0) is 0 Å². The van der Waals surface area contributed by atoms with Crippen molar-refractivity contribution in [3.63, 3.8) is 0 Å². The molecule has 0 fully saturated rings. The zero-order chi connectivity index (χ0) is 13.5. The maximum Gasteiger partial charge on any atom is 0.165 e. The second-order valence-electron chi connectivity index (χ2n) is 4.70. The van der Waals surface area contributed by atoms with E-state index in [2.05, 4.69) is 26.1 Å². The predicted molar refractivity (Wildman–Crippen MR) is 73.4 cm³/mol. The molecule has 0 amide bonds. The molecule has 1 rings (SSSR count). The van der Waals surface area contributed by atoms with Crippen LogP contribution in [0.3, 0.4) is 0 Å². The molecule has 0 heterocycles. The highest BCUT2D eigenvalue weighted by atomic mass is 19.1. The van der Waals surface area contributed by atoms with Gasteiger partial charge in [0.2, 0.25) is 0 Å². The quantitative estimate of drug-likeness (QED) is 0.795. The van der Waals surface area contributed by atoms with Gasteiger partial charge in [-0.3, -0.25) is 0 Å². The Labute approximate surface area is 110 Å². The second-order valence-corrected chi connectivity index (χ2v) is 4.70. The maximum absolute atomic E-state index is 13.7. The first-order valence-corrected chi connectivity index (χ1v) is 6.70. The fourth-order valence-corrected chi connectivity index (χ4v) is 2.37. The van der Waals surface area contributed by atoms with Gasteiger partial charge in [-0.25, -0.2) is 4.39 Å². The van der Waals surface area contributed by atoms with Crippen molar-refractivity contribution in [3.05, 3.63) is 29.6 Å². The molecule has 1 N–H and O–H groups in total. The Hall–Kier alpha value is -1.09. The first-order chi connectivity index (χ1) is 8.63. The number of benzene rings is 1. The van der Waals surface area contributed by atoms with Gasteiger partial charge in [0, 0.05) is 6.04 Å². The van der Waals surface area contributed by atoms with Crippen molar-refractivity contribution in [2.45, 2.75) is 39.7 Å². The summed E-state index contributed by atoms with van der Waals surface area (Å²) < 4.78 is 18.7. The number of ether oxygens (including phenoxy) is 1. The van der Waals surface area contributed by atoms with Crippen LogP contribution in [0, 0.1) is 11.7 Å². The van der Waals surface area contributed by atoms with Gasteiger partial charge in [-0.2, -0.15) is 0 Å². The SMILES string of the molecule is CCCC(C)C(NCC)c1ccc(OC)c(F)c1. The monoisotopic (exact) mass is 253 g/mol. The van der Waals surface area contributed by atoms with Crippen LogP contribution in [0.5, 0.6) is 5.75 Å². The Morgan fingerprint density at radius 3 is 2.56 bits per heavy atom. The highest BCUT2D eigenvalue weighted by Crippen LogP contribution is 2.28. The van der Waals surface area contributed by atoms with E-state index in [1.807, 2.05) is 6.07 Å². The average molecular weight is 253 g/mol. The van der Waals surface area contributed by atoms with Crippen molar-refractivity contribution < 1.29 is 9.13 Å². The largest absolute Gasteiger partial charge is 0.494 e. The summed E-state index contributed by atoms with van der Waals surface area (Å²) in [5.41, 5.74) is 0.996. The van der Waals surface area contributed by atoms with E-state index < -0.39 is 0 Å². The normalized spacial score (nSPS) is 14.3. The molecule has 0 spiro atoms. The molecule has 18 heavy (non-hydrogen) atoms. The number of methoxy groups -OCH3 is 1. The lowest BCUT2D eigenvalue weighted by Crippen LogP contribution is -2.27. The Bertz CT molecular complexity index is 368. The predicted octanol–water partition coefficient (Wildman–Crippen LogP) is 3.92. The molecule has 0 aliphatic rings. The third-order valence-corrected chi connectivity index (χ3v) is 3.27. The van der Waals surface area contributed by atoms with Crippen LogP contribution >= 0.6 is 0 Å². The molecular formula is C15H24FNO. The van der Waals surface area contributed by atoms with Crippen molar-refractivity contribution in [1.82, 2.24) is 5.32 Å². The summed E-state index contributed by atoms with van der Waals surface area (Å²) in [5.74, 6) is 0.501. The van der Waals surface area contributed by atoms with Gasteiger partial charge >= 0.3 is 0 Å². The lowest BCUT2D eigenvalue weighted by molar-refractivity contribution is 0.363. The molecule has 0 aromatic heterocycles. The van der Waals surface area contributed by atoms with Crippen LogP contribution in [-0.4, -0.2) is 13.7 Å². The van der Waals surface area contributed by atoms with E-state index in [9.17, 15) is 4.39 Å². The molecule has 2 atom stereocenters. The highest BCUT2D eigenvalue weighted by molar-refractivity contribution is 5.31. The van der Waals surface area contributed by atoms with Crippen molar-refractivity contribution in [1.29, 1.82) is 0 Å². The standard InChI is InChI=1S/C15H24FNO/c1-5-7-11(3)15(17-6-2)12-8-9-14(18-4)13(16)10-12/h8-11,15,17H,5-7H2,1-4H3. The molecule has 0 saturated carbocycles. The summed E-state index contributed by atoms with van der Waals surface area (Å²) >= 11 is 0. The summed E-state index contributed by atoms with van der Waals surface area (Å²) in [5, 5.41) is 3.44. The molecule has 0 saturated heterocycles. The minimum atomic E-state index is -0.290. The minimum Gasteiger partial charge on any atom is -0.494 e. The zero-order valence-corrected chi connectivity index (χ0v) is 11.8. The fraction of sp³-hybridized carbons (Fsp3) is 0.600. The van der Waals surface area contributed by atoms with Gasteiger partial charge in [0.15, 0.2) is 11.6 Å². The summed E-state index contributed by atoms with van der Waals surface area (Å²) in [6, 6.07) is 5.43. The van der Waals surface area contributed by atoms with E-state index in [1.54, 1.807) is 12.1 Å². The Balaban J connectivity index is 2.94. The lowest BCUT2D eigenvalue weighted by atomic mass is 9.91. The summed E-state index contributed by atoms with van der Waals surface area (Å²) in [7, 11) is 1.49. The average Bonchev–Trinajstić information content (AvgIpc) is 2.36. The Morgan fingerprint density at radius 1 is 1.33 bits per heavy atom. The first kappa shape index (κ1) is 15.0. The molecule has 2 unspecified atom stereocenters. The molecule has 1 aromatic carbocycles. The number of rotatable bonds is 7. The molecule has 3 heteroatoms. The second kappa shape index (κ2) is 7.37. The molecule has 0 radical (unpaired) electrons. The molecule has 0 bridgehead atoms. The van der Waals surface area contributed by atoms with Crippen molar-refractivity contribution in [2.24, 2.45) is 5.92 Å². The van der Waals surface area contributed by atoms with Gasteiger partial charge in [0.1, 0.15) is 0 Å². The molecule has 2 nitrogen and oxygen atoms in total. The van der Waals surface area contributed by atoms with Crippen LogP contribution in [0.25, 0.3) is 0 Å². The van der Waals surface area contributed by atoms with Crippen LogP contribution in [0.2, 0.25) is 0 Å². The van der Waals surface area contributed by atoms with Gasteiger partial charge < -0.3 is 10.1 Å². The third-order valence-electron chi connectivity index (χ3n) is 3.27. The molecular weight excluding hydrogens is 229 g/mol. The maximum atomic E-state index is 13.7. The highest BCUT2D eigenvalue weighted by Gasteiger charge is 2.19. The Morgan fingerprint density at radius 2 is 2.06 bits per heavy atom. The Kier molecular flexibility index (Phi) is 6.13. The number of nitrogens with one attached hydrogen (secondary N) is 1. The summed E-state index contributed by atoms with van der Waals surface area (Å²) in [4.78, 5) is 0. The van der Waals surface area contributed by atoms with Gasteiger partial charge in [-0.1, -0.05) is 33.3 Å². The van der Waals surface area contributed by atoms with Gasteiger partial charge in [0.25, 0.3) is 0 Å². The summed E-state index contributed by atoms with van der Waals surface area (Å²) in [6.45, 7) is 7.34. The fourth-order valence-electron chi connectivity index (χ4n) is 2.37. The number of halogens is 1. The molecule has 0 aliphatic heterocycles.